The molecule has 0 spiro atoms. The maximum absolute atomic E-state index is 13.0. The van der Waals surface area contributed by atoms with Crippen molar-refractivity contribution in [1.82, 2.24) is 4.31 Å². The van der Waals surface area contributed by atoms with Gasteiger partial charge in [-0.05, 0) is 43.2 Å². The number of anilines is 2. The Labute approximate surface area is 167 Å². The molecule has 1 aliphatic rings. The molecule has 1 heterocycles. The molecule has 1 saturated heterocycles. The van der Waals surface area contributed by atoms with Gasteiger partial charge in [-0.25, -0.2) is 8.42 Å². The zero-order valence-electron chi connectivity index (χ0n) is 16.4. The molecule has 1 aliphatic heterocycles. The number of nitrogens with one attached hydrogen (secondary N) is 1. The van der Waals surface area contributed by atoms with Crippen LogP contribution in [0, 0.1) is 0 Å². The Morgan fingerprint density at radius 3 is 2.29 bits per heavy atom. The van der Waals surface area contributed by atoms with Crippen LogP contribution in [0.2, 0.25) is 0 Å². The summed E-state index contributed by atoms with van der Waals surface area (Å²) in [4.78, 5) is 15.3. The maximum Gasteiger partial charge on any atom is 0.257 e. The highest BCUT2D eigenvalue weighted by molar-refractivity contribution is 7.89. The molecule has 150 valence electrons. The van der Waals surface area contributed by atoms with Crippen LogP contribution in [0.1, 0.15) is 37.0 Å². The highest BCUT2D eigenvalue weighted by atomic mass is 32.2. The lowest BCUT2D eigenvalue weighted by atomic mass is 10.1. The van der Waals surface area contributed by atoms with Gasteiger partial charge in [0.15, 0.2) is 0 Å². The van der Waals surface area contributed by atoms with Gasteiger partial charge in [0, 0.05) is 37.6 Å². The molecular formula is C21H27N3O3S. The predicted octanol–water partition coefficient (Wildman–Crippen LogP) is 3.57. The number of hydrogen-bond acceptors (Lipinski definition) is 4. The third-order valence-electron chi connectivity index (χ3n) is 5.03. The summed E-state index contributed by atoms with van der Waals surface area (Å²) in [7, 11) is -3.64. The Morgan fingerprint density at radius 1 is 1.04 bits per heavy atom. The molecule has 0 bridgehead atoms. The molecule has 2 aromatic rings. The first-order valence-electron chi connectivity index (χ1n) is 9.73. The third kappa shape index (κ3) is 4.20. The molecule has 0 aliphatic carbocycles. The molecule has 2 aromatic carbocycles. The molecule has 6 nitrogen and oxygen atoms in total. The van der Waals surface area contributed by atoms with Gasteiger partial charge < -0.3 is 10.2 Å². The molecule has 1 N–H and O–H groups in total. The summed E-state index contributed by atoms with van der Waals surface area (Å²) >= 11 is 0. The average Bonchev–Trinajstić information content (AvgIpc) is 3.23. The van der Waals surface area contributed by atoms with Crippen LogP contribution in [-0.2, 0) is 10.0 Å². The van der Waals surface area contributed by atoms with Gasteiger partial charge in [0.05, 0.1) is 10.5 Å². The SMILES string of the molecule is CCN(CC)S(=O)(=O)c1ccc(N2CCCC2)c(C(=O)Nc2ccccc2)c1. The van der Waals surface area contributed by atoms with Crippen LogP contribution in [0.25, 0.3) is 0 Å². The quantitative estimate of drug-likeness (QED) is 0.770. The van der Waals surface area contributed by atoms with E-state index in [4.69, 9.17) is 0 Å². The van der Waals surface area contributed by atoms with Crippen molar-refractivity contribution in [2.45, 2.75) is 31.6 Å². The van der Waals surface area contributed by atoms with Crippen molar-refractivity contribution in [2.24, 2.45) is 0 Å². The van der Waals surface area contributed by atoms with Gasteiger partial charge >= 0.3 is 0 Å². The van der Waals surface area contributed by atoms with Gasteiger partial charge in [0.1, 0.15) is 0 Å². The summed E-state index contributed by atoms with van der Waals surface area (Å²) in [5.41, 5.74) is 1.85. The van der Waals surface area contributed by atoms with E-state index >= 15 is 0 Å². The van der Waals surface area contributed by atoms with E-state index in [0.29, 0.717) is 24.3 Å². The molecule has 1 fully saturated rings. The van der Waals surface area contributed by atoms with E-state index in [0.717, 1.165) is 31.6 Å². The third-order valence-corrected chi connectivity index (χ3v) is 7.08. The highest BCUT2D eigenvalue weighted by Crippen LogP contribution is 2.29. The summed E-state index contributed by atoms with van der Waals surface area (Å²) in [5, 5.41) is 2.88. The molecule has 0 atom stereocenters. The average molecular weight is 402 g/mol. The Morgan fingerprint density at radius 2 is 1.68 bits per heavy atom. The standard InChI is InChI=1S/C21H27N3O3S/c1-3-24(4-2)28(26,27)18-12-13-20(23-14-8-9-15-23)19(16-18)21(25)22-17-10-6-5-7-11-17/h5-7,10-13,16H,3-4,8-9,14-15H2,1-2H3,(H,22,25). The first kappa shape index (κ1) is 20.4. The smallest absolute Gasteiger partial charge is 0.257 e. The predicted molar refractivity (Wildman–Crippen MR) is 112 cm³/mol. The van der Waals surface area contributed by atoms with Gasteiger partial charge in [-0.3, -0.25) is 4.79 Å². The van der Waals surface area contributed by atoms with E-state index < -0.39 is 10.0 Å². The monoisotopic (exact) mass is 401 g/mol. The Kier molecular flexibility index (Phi) is 6.36. The Bertz CT molecular complexity index is 919. The minimum absolute atomic E-state index is 0.150. The first-order valence-corrected chi connectivity index (χ1v) is 11.2. The van der Waals surface area contributed by atoms with Crippen LogP contribution in [0.3, 0.4) is 0 Å². The summed E-state index contributed by atoms with van der Waals surface area (Å²) in [6, 6.07) is 14.1. The normalized spacial score (nSPS) is 14.5. The number of carbonyl (C=O) groups excluding carboxylic acids is 1. The van der Waals surface area contributed by atoms with Crippen molar-refractivity contribution in [3.05, 3.63) is 54.1 Å². The molecule has 28 heavy (non-hydrogen) atoms. The molecule has 0 radical (unpaired) electrons. The second-order valence-electron chi connectivity index (χ2n) is 6.78. The summed E-state index contributed by atoms with van der Waals surface area (Å²) in [6.45, 7) is 6.13. The van der Waals surface area contributed by atoms with Crippen LogP contribution < -0.4 is 10.2 Å². The van der Waals surface area contributed by atoms with Crippen molar-refractivity contribution in [3.63, 3.8) is 0 Å². The van der Waals surface area contributed by atoms with Crippen molar-refractivity contribution in [1.29, 1.82) is 0 Å². The lowest BCUT2D eigenvalue weighted by molar-refractivity contribution is 0.102. The lowest BCUT2D eigenvalue weighted by Crippen LogP contribution is -2.31. The fourth-order valence-electron chi connectivity index (χ4n) is 3.52. The Balaban J connectivity index is 2.02. The van der Waals surface area contributed by atoms with Crippen LogP contribution >= 0.6 is 0 Å². The van der Waals surface area contributed by atoms with Crippen LogP contribution in [0.15, 0.2) is 53.4 Å². The van der Waals surface area contributed by atoms with Crippen LogP contribution in [0.5, 0.6) is 0 Å². The minimum Gasteiger partial charge on any atom is -0.371 e. The minimum atomic E-state index is -3.64. The van der Waals surface area contributed by atoms with Gasteiger partial charge in [-0.15, -0.1) is 0 Å². The topological polar surface area (TPSA) is 69.7 Å². The van der Waals surface area contributed by atoms with E-state index in [1.54, 1.807) is 12.1 Å². The second kappa shape index (κ2) is 8.75. The van der Waals surface area contributed by atoms with Crippen LogP contribution in [-0.4, -0.2) is 44.8 Å². The van der Waals surface area contributed by atoms with E-state index in [9.17, 15) is 13.2 Å². The lowest BCUT2D eigenvalue weighted by Gasteiger charge is -2.23. The molecule has 3 rings (SSSR count). The Hall–Kier alpha value is -2.38. The fraction of sp³-hybridized carbons (Fsp3) is 0.381. The molecule has 0 unspecified atom stereocenters. The summed E-state index contributed by atoms with van der Waals surface area (Å²) in [5.74, 6) is -0.301. The number of amides is 1. The van der Waals surface area contributed by atoms with Crippen LogP contribution in [0.4, 0.5) is 11.4 Å². The fourth-order valence-corrected chi connectivity index (χ4v) is 5.01. The molecular weight excluding hydrogens is 374 g/mol. The number of para-hydroxylation sites is 1. The molecule has 0 saturated carbocycles. The largest absolute Gasteiger partial charge is 0.371 e. The van der Waals surface area contributed by atoms with Crippen molar-refractivity contribution < 1.29 is 13.2 Å². The zero-order valence-corrected chi connectivity index (χ0v) is 17.2. The summed E-state index contributed by atoms with van der Waals surface area (Å²) < 4.78 is 27.3. The highest BCUT2D eigenvalue weighted by Gasteiger charge is 2.26. The number of carbonyl (C=O) groups is 1. The number of hydrogen-bond donors (Lipinski definition) is 1. The number of rotatable bonds is 7. The first-order chi connectivity index (χ1) is 13.5. The van der Waals surface area contributed by atoms with Gasteiger partial charge in [0.25, 0.3) is 5.91 Å². The van der Waals surface area contributed by atoms with Gasteiger partial charge in [0.2, 0.25) is 10.0 Å². The van der Waals surface area contributed by atoms with Crippen molar-refractivity contribution >= 4 is 27.3 Å². The molecule has 1 amide bonds. The van der Waals surface area contributed by atoms with E-state index in [2.05, 4.69) is 10.2 Å². The number of benzene rings is 2. The van der Waals surface area contributed by atoms with Gasteiger partial charge in [-0.1, -0.05) is 32.0 Å². The zero-order chi connectivity index (χ0) is 20.1. The van der Waals surface area contributed by atoms with E-state index in [1.807, 2.05) is 44.2 Å². The second-order valence-corrected chi connectivity index (χ2v) is 8.72. The maximum atomic E-state index is 13.0. The van der Waals surface area contributed by atoms with Crippen molar-refractivity contribution in [3.8, 4) is 0 Å². The van der Waals surface area contributed by atoms with E-state index in [1.165, 1.54) is 10.4 Å². The van der Waals surface area contributed by atoms with Gasteiger partial charge in [-0.2, -0.15) is 4.31 Å². The number of sulfonamides is 1. The summed E-state index contributed by atoms with van der Waals surface area (Å²) in [6.07, 6.45) is 2.14. The number of nitrogens with zero attached hydrogens (tertiary/aromatic N) is 2. The molecule has 7 heteroatoms. The molecule has 0 aromatic heterocycles. The van der Waals surface area contributed by atoms with Crippen molar-refractivity contribution in [2.75, 3.05) is 36.4 Å². The van der Waals surface area contributed by atoms with E-state index in [-0.39, 0.29) is 10.8 Å².